The normalized spacial score (nSPS) is 19.1. The van der Waals surface area contributed by atoms with Crippen molar-refractivity contribution in [1.82, 2.24) is 10.2 Å². The topological polar surface area (TPSA) is 87.9 Å². The molecule has 0 saturated heterocycles. The van der Waals surface area contributed by atoms with Crippen LogP contribution < -0.4 is 10.1 Å². The van der Waals surface area contributed by atoms with Crippen molar-refractivity contribution in [3.63, 3.8) is 0 Å². The second-order valence-corrected chi connectivity index (χ2v) is 8.44. The van der Waals surface area contributed by atoms with Crippen LogP contribution >= 0.6 is 11.3 Å². The van der Waals surface area contributed by atoms with Crippen LogP contribution in [0.3, 0.4) is 0 Å². The van der Waals surface area contributed by atoms with Crippen molar-refractivity contribution in [3.05, 3.63) is 34.8 Å². The molecule has 1 fully saturated rings. The Labute approximate surface area is 176 Å². The van der Waals surface area contributed by atoms with Gasteiger partial charge in [-0.05, 0) is 55.2 Å². The van der Waals surface area contributed by atoms with Crippen molar-refractivity contribution in [1.29, 1.82) is 5.26 Å². The Morgan fingerprint density at radius 2 is 1.97 bits per heavy atom. The first kappa shape index (κ1) is 22.0. The van der Waals surface area contributed by atoms with Crippen LogP contribution in [0.1, 0.15) is 42.7 Å². The third-order valence-corrected chi connectivity index (χ3v) is 5.88. The van der Waals surface area contributed by atoms with Crippen LogP contribution in [-0.2, 0) is 17.6 Å². The highest BCUT2D eigenvalue weighted by atomic mass is 32.1. The summed E-state index contributed by atoms with van der Waals surface area (Å²) in [6.07, 6.45) is 0.756. The largest absolute Gasteiger partial charge is 0.573 e. The zero-order valence-electron chi connectivity index (χ0n) is 16.1. The zero-order valence-corrected chi connectivity index (χ0v) is 16.9. The lowest BCUT2D eigenvalue weighted by atomic mass is 9.79. The lowest BCUT2D eigenvalue weighted by Gasteiger charge is -2.26. The molecule has 6 nitrogen and oxygen atoms in total. The summed E-state index contributed by atoms with van der Waals surface area (Å²) >= 11 is 1.31. The Morgan fingerprint density at radius 3 is 2.67 bits per heavy atom. The van der Waals surface area contributed by atoms with Crippen LogP contribution in [0.2, 0.25) is 0 Å². The fourth-order valence-corrected chi connectivity index (χ4v) is 4.47. The number of alkyl halides is 3. The van der Waals surface area contributed by atoms with E-state index in [0.29, 0.717) is 29.0 Å². The number of nitrogens with one attached hydrogen (secondary N) is 1. The SMILES string of the molecule is N#CCC1CCC(Cc2nnc(NC(=O)Cc3cccc(OC(F)(F)F)c3)s2)CC1. The molecule has 1 amide bonds. The van der Waals surface area contributed by atoms with Crippen LogP contribution in [0.25, 0.3) is 0 Å². The number of halogens is 3. The van der Waals surface area contributed by atoms with E-state index in [2.05, 4.69) is 26.3 Å². The summed E-state index contributed by atoms with van der Waals surface area (Å²) in [6.45, 7) is 0. The average molecular weight is 438 g/mol. The van der Waals surface area contributed by atoms with Crippen molar-refractivity contribution in [2.75, 3.05) is 5.32 Å². The first-order chi connectivity index (χ1) is 14.3. The number of anilines is 1. The first-order valence-corrected chi connectivity index (χ1v) is 10.5. The molecule has 1 aromatic heterocycles. The molecule has 3 rings (SSSR count). The number of carbonyl (C=O) groups is 1. The molecule has 0 radical (unpaired) electrons. The number of benzene rings is 1. The van der Waals surface area contributed by atoms with Crippen LogP contribution in [-0.4, -0.2) is 22.5 Å². The Morgan fingerprint density at radius 1 is 1.23 bits per heavy atom. The van der Waals surface area contributed by atoms with Gasteiger partial charge in [-0.1, -0.05) is 23.5 Å². The van der Waals surface area contributed by atoms with Gasteiger partial charge in [0.25, 0.3) is 0 Å². The molecule has 0 spiro atoms. The summed E-state index contributed by atoms with van der Waals surface area (Å²) in [6, 6.07) is 7.55. The molecule has 10 heteroatoms. The van der Waals surface area contributed by atoms with Gasteiger partial charge in [-0.15, -0.1) is 23.4 Å². The van der Waals surface area contributed by atoms with E-state index in [1.165, 1.54) is 29.5 Å². The third-order valence-electron chi connectivity index (χ3n) is 5.02. The predicted molar refractivity (Wildman–Crippen MR) is 105 cm³/mol. The van der Waals surface area contributed by atoms with E-state index in [9.17, 15) is 18.0 Å². The summed E-state index contributed by atoms with van der Waals surface area (Å²) in [5.74, 6) is 0.248. The van der Waals surface area contributed by atoms with E-state index >= 15 is 0 Å². The van der Waals surface area contributed by atoms with Crippen LogP contribution in [0, 0.1) is 23.2 Å². The number of rotatable bonds is 7. The number of carbonyl (C=O) groups excluding carboxylic acids is 1. The van der Waals surface area contributed by atoms with Gasteiger partial charge in [0.05, 0.1) is 12.5 Å². The summed E-state index contributed by atoms with van der Waals surface area (Å²) in [5.41, 5.74) is 0.396. The highest BCUT2D eigenvalue weighted by Gasteiger charge is 2.31. The van der Waals surface area contributed by atoms with E-state index in [4.69, 9.17) is 5.26 Å². The van der Waals surface area contributed by atoms with Gasteiger partial charge < -0.3 is 10.1 Å². The molecule has 30 heavy (non-hydrogen) atoms. The first-order valence-electron chi connectivity index (χ1n) is 9.64. The van der Waals surface area contributed by atoms with Gasteiger partial charge in [-0.3, -0.25) is 4.79 Å². The molecule has 2 aromatic rings. The smallest absolute Gasteiger partial charge is 0.406 e. The molecule has 0 atom stereocenters. The summed E-state index contributed by atoms with van der Waals surface area (Å²) in [7, 11) is 0. The number of ether oxygens (including phenoxy) is 1. The molecule has 1 aliphatic rings. The molecular weight excluding hydrogens is 417 g/mol. The van der Waals surface area contributed by atoms with E-state index in [0.717, 1.165) is 37.1 Å². The van der Waals surface area contributed by atoms with Crippen LogP contribution in [0.5, 0.6) is 5.75 Å². The number of aromatic nitrogens is 2. The maximum atomic E-state index is 12.3. The summed E-state index contributed by atoms with van der Waals surface area (Å²) in [4.78, 5) is 12.2. The third kappa shape index (κ3) is 6.99. The molecule has 1 heterocycles. The van der Waals surface area contributed by atoms with Gasteiger partial charge in [-0.25, -0.2) is 0 Å². The van der Waals surface area contributed by atoms with Gasteiger partial charge in [0.1, 0.15) is 10.8 Å². The van der Waals surface area contributed by atoms with Gasteiger partial charge in [0, 0.05) is 12.8 Å². The number of amides is 1. The van der Waals surface area contributed by atoms with Crippen molar-refractivity contribution in [2.24, 2.45) is 11.8 Å². The zero-order chi connectivity index (χ0) is 21.6. The number of hydrogen-bond donors (Lipinski definition) is 1. The van der Waals surface area contributed by atoms with Crippen molar-refractivity contribution in [2.45, 2.75) is 51.3 Å². The van der Waals surface area contributed by atoms with Crippen LogP contribution in [0.4, 0.5) is 18.3 Å². The van der Waals surface area contributed by atoms with Gasteiger partial charge >= 0.3 is 6.36 Å². The van der Waals surface area contributed by atoms with E-state index in [1.54, 1.807) is 6.07 Å². The molecule has 1 aliphatic carbocycles. The van der Waals surface area contributed by atoms with E-state index in [-0.39, 0.29) is 18.1 Å². The average Bonchev–Trinajstić information content (AvgIpc) is 3.09. The minimum atomic E-state index is -4.78. The maximum Gasteiger partial charge on any atom is 0.573 e. The molecule has 0 bridgehead atoms. The lowest BCUT2D eigenvalue weighted by molar-refractivity contribution is -0.274. The molecule has 1 N–H and O–H groups in total. The Balaban J connectivity index is 1.48. The summed E-state index contributed by atoms with van der Waals surface area (Å²) < 4.78 is 40.8. The van der Waals surface area contributed by atoms with Crippen LogP contribution in [0.15, 0.2) is 24.3 Å². The van der Waals surface area contributed by atoms with Gasteiger partial charge in [0.2, 0.25) is 11.0 Å². The second kappa shape index (κ2) is 9.89. The molecule has 1 aromatic carbocycles. The second-order valence-electron chi connectivity index (χ2n) is 7.37. The predicted octanol–water partition coefficient (Wildman–Crippen LogP) is 4.88. The fourth-order valence-electron chi connectivity index (χ4n) is 3.60. The number of nitriles is 1. The monoisotopic (exact) mass is 438 g/mol. The van der Waals surface area contributed by atoms with E-state index in [1.807, 2.05) is 0 Å². The van der Waals surface area contributed by atoms with Crippen molar-refractivity contribution in [3.8, 4) is 11.8 Å². The number of hydrogen-bond acceptors (Lipinski definition) is 6. The molecule has 160 valence electrons. The van der Waals surface area contributed by atoms with Crippen molar-refractivity contribution < 1.29 is 22.7 Å². The standard InChI is InChI=1S/C20H21F3N4O2S/c21-20(22,23)29-16-3-1-2-15(10-16)11-17(28)25-19-27-26-18(30-19)12-14-6-4-13(5-7-14)8-9-24/h1-3,10,13-14H,4-8,11-12H2,(H,25,27,28). The fraction of sp³-hybridized carbons (Fsp3) is 0.500. The highest BCUT2D eigenvalue weighted by molar-refractivity contribution is 7.15. The number of nitrogens with zero attached hydrogens (tertiary/aromatic N) is 3. The maximum absolute atomic E-state index is 12.3. The molecule has 0 unspecified atom stereocenters. The minimum absolute atomic E-state index is 0.104. The minimum Gasteiger partial charge on any atom is -0.406 e. The van der Waals surface area contributed by atoms with Gasteiger partial charge in [0.15, 0.2) is 0 Å². The van der Waals surface area contributed by atoms with E-state index < -0.39 is 6.36 Å². The Hall–Kier alpha value is -2.67. The van der Waals surface area contributed by atoms with Crippen molar-refractivity contribution >= 4 is 22.4 Å². The molecule has 0 aliphatic heterocycles. The highest BCUT2D eigenvalue weighted by Crippen LogP contribution is 2.33. The Bertz CT molecular complexity index is 902. The Kier molecular flexibility index (Phi) is 7.26. The quantitative estimate of drug-likeness (QED) is 0.666. The molecular formula is C20H21F3N4O2S. The lowest BCUT2D eigenvalue weighted by Crippen LogP contribution is -2.17. The van der Waals surface area contributed by atoms with Gasteiger partial charge in [-0.2, -0.15) is 5.26 Å². The summed E-state index contributed by atoms with van der Waals surface area (Å²) in [5, 5.41) is 20.8. The molecule has 1 saturated carbocycles.